The Morgan fingerprint density at radius 1 is 0.917 bits per heavy atom. The summed E-state index contributed by atoms with van der Waals surface area (Å²) in [6, 6.07) is 15.2. The third kappa shape index (κ3) is 7.06. The van der Waals surface area contributed by atoms with E-state index in [1.165, 1.54) is 30.3 Å². The van der Waals surface area contributed by atoms with Crippen LogP contribution in [-0.2, 0) is 33.6 Å². The van der Waals surface area contributed by atoms with Crippen LogP contribution in [0.3, 0.4) is 0 Å². The third-order valence-corrected chi connectivity index (χ3v) is 9.61. The molecular formula is C32H23ClF6N2O6S. The summed E-state index contributed by atoms with van der Waals surface area (Å²) >= 11 is 6.14. The summed E-state index contributed by atoms with van der Waals surface area (Å²) in [4.78, 5) is 24.2. The topological polar surface area (TPSA) is 113 Å². The number of benzene rings is 4. The van der Waals surface area contributed by atoms with E-state index in [2.05, 4.69) is 5.32 Å². The molecule has 0 saturated carbocycles. The second-order valence-electron chi connectivity index (χ2n) is 10.5. The number of halogens is 7. The number of sulfonamides is 1. The van der Waals surface area contributed by atoms with Gasteiger partial charge in [0.2, 0.25) is 5.91 Å². The molecule has 5 rings (SSSR count). The zero-order valence-electron chi connectivity index (χ0n) is 24.3. The number of aromatic carboxylic acids is 1. The Kier molecular flexibility index (Phi) is 9.39. The van der Waals surface area contributed by atoms with Crippen LogP contribution in [0.25, 0.3) is 11.1 Å². The van der Waals surface area contributed by atoms with Crippen molar-refractivity contribution < 1.29 is 54.2 Å². The van der Waals surface area contributed by atoms with Crippen molar-refractivity contribution in [3.63, 3.8) is 0 Å². The molecule has 1 heterocycles. The van der Waals surface area contributed by atoms with Gasteiger partial charge in [-0.1, -0.05) is 41.9 Å². The predicted molar refractivity (Wildman–Crippen MR) is 162 cm³/mol. The molecule has 4 aromatic rings. The highest BCUT2D eigenvalue weighted by atomic mass is 35.5. The maximum atomic E-state index is 13.9. The number of para-hydroxylation sites is 1. The molecule has 0 saturated heterocycles. The van der Waals surface area contributed by atoms with E-state index in [0.717, 1.165) is 34.6 Å². The fourth-order valence-corrected chi connectivity index (χ4v) is 7.07. The number of fused-ring (bicyclic) bond motifs is 1. The van der Waals surface area contributed by atoms with E-state index in [-0.39, 0.29) is 52.1 Å². The first-order valence-electron chi connectivity index (χ1n) is 13.9. The lowest BCUT2D eigenvalue weighted by Crippen LogP contribution is -2.48. The van der Waals surface area contributed by atoms with Gasteiger partial charge in [0.25, 0.3) is 10.0 Å². The highest BCUT2D eigenvalue weighted by Gasteiger charge is 2.42. The van der Waals surface area contributed by atoms with Crippen LogP contribution in [0.5, 0.6) is 5.75 Å². The molecule has 16 heteroatoms. The number of alkyl halides is 6. The number of carbonyl (C=O) groups is 2. The summed E-state index contributed by atoms with van der Waals surface area (Å²) < 4.78 is 114. The number of ether oxygens (including phenoxy) is 1. The summed E-state index contributed by atoms with van der Waals surface area (Å²) in [5.74, 6) is -2.80. The van der Waals surface area contributed by atoms with Crippen LogP contribution < -0.4 is 14.4 Å². The van der Waals surface area contributed by atoms with Crippen LogP contribution in [0.2, 0.25) is 5.02 Å². The molecule has 1 amide bonds. The lowest BCUT2D eigenvalue weighted by atomic mass is 10.0. The van der Waals surface area contributed by atoms with Crippen LogP contribution in [0.4, 0.5) is 32.0 Å². The Morgan fingerprint density at radius 3 is 2.25 bits per heavy atom. The van der Waals surface area contributed by atoms with E-state index in [1.54, 1.807) is 18.2 Å². The number of amides is 1. The molecule has 8 nitrogen and oxygen atoms in total. The molecule has 0 radical (unpaired) electrons. The minimum absolute atomic E-state index is 0.00832. The molecule has 0 spiro atoms. The van der Waals surface area contributed by atoms with Crippen LogP contribution >= 0.6 is 11.6 Å². The number of hydrogen-bond donors (Lipinski definition) is 2. The third-order valence-electron chi connectivity index (χ3n) is 7.44. The number of carboxylic acids is 1. The Balaban J connectivity index is 1.33. The fourth-order valence-electron chi connectivity index (χ4n) is 5.19. The van der Waals surface area contributed by atoms with Gasteiger partial charge in [-0.2, -0.15) is 26.3 Å². The lowest BCUT2D eigenvalue weighted by Gasteiger charge is -2.26. The number of carbonyl (C=O) groups excluding carboxylic acids is 1. The zero-order valence-corrected chi connectivity index (χ0v) is 25.8. The molecule has 0 fully saturated rings. The van der Waals surface area contributed by atoms with E-state index < -0.39 is 57.0 Å². The molecule has 2 N–H and O–H groups in total. The van der Waals surface area contributed by atoms with Gasteiger partial charge < -0.3 is 15.2 Å². The maximum Gasteiger partial charge on any atom is 0.417 e. The second-order valence-corrected chi connectivity index (χ2v) is 12.7. The predicted octanol–water partition coefficient (Wildman–Crippen LogP) is 7.06. The number of hydrogen-bond acceptors (Lipinski definition) is 5. The average molecular weight is 713 g/mol. The number of nitrogens with one attached hydrogen (secondary N) is 1. The lowest BCUT2D eigenvalue weighted by molar-refractivity contribution is -0.138. The fraction of sp³-hybridized carbons (Fsp3) is 0.188. The van der Waals surface area contributed by atoms with Crippen molar-refractivity contribution in [2.45, 2.75) is 29.7 Å². The van der Waals surface area contributed by atoms with Gasteiger partial charge in [-0.15, -0.1) is 0 Å². The Hall–Kier alpha value is -4.76. The molecule has 4 aromatic carbocycles. The first kappa shape index (κ1) is 34.6. The van der Waals surface area contributed by atoms with Crippen LogP contribution in [0.15, 0.2) is 89.8 Å². The van der Waals surface area contributed by atoms with Crippen molar-refractivity contribution in [2.24, 2.45) is 0 Å². The van der Waals surface area contributed by atoms with E-state index in [1.807, 2.05) is 0 Å². The molecule has 0 unspecified atom stereocenters. The number of carboxylic acid groups (broad SMARTS) is 1. The number of rotatable bonds is 9. The molecule has 1 atom stereocenters. The largest absolute Gasteiger partial charge is 0.492 e. The highest BCUT2D eigenvalue weighted by molar-refractivity contribution is 7.93. The standard InChI is InChI=1S/C32H23ClF6N2O6S/c33-26-12-7-20(31(34,35)36)16-24(26)18-5-9-22(10-6-18)48(45,46)41-27-4-2-1-3-19(27)15-28(41)29(42)40-13-14-47-21-8-11-23(30(43)44)25(17-21)32(37,38)39/h1-12,16-17,28H,13-15H2,(H,40,42)(H,43,44)/t28-/m0/s1. The van der Waals surface area contributed by atoms with Gasteiger partial charge in [0.05, 0.1) is 33.8 Å². The molecule has 0 aliphatic carbocycles. The van der Waals surface area contributed by atoms with Crippen molar-refractivity contribution in [2.75, 3.05) is 17.5 Å². The first-order chi connectivity index (χ1) is 22.5. The summed E-state index contributed by atoms with van der Waals surface area (Å²) in [5, 5.41) is 11.6. The molecule has 252 valence electrons. The Bertz CT molecular complexity index is 1980. The second kappa shape index (κ2) is 13.0. The summed E-state index contributed by atoms with van der Waals surface area (Å²) in [6.07, 6.45) is -9.59. The van der Waals surface area contributed by atoms with Gasteiger partial charge in [-0.25, -0.2) is 13.2 Å². The quantitative estimate of drug-likeness (QED) is 0.142. The van der Waals surface area contributed by atoms with E-state index >= 15 is 0 Å². The molecule has 1 aliphatic heterocycles. The van der Waals surface area contributed by atoms with E-state index in [0.29, 0.717) is 11.6 Å². The minimum atomic E-state index is -4.96. The van der Waals surface area contributed by atoms with Crippen molar-refractivity contribution in [1.82, 2.24) is 5.32 Å². The van der Waals surface area contributed by atoms with Crippen molar-refractivity contribution in [3.8, 4) is 16.9 Å². The smallest absolute Gasteiger partial charge is 0.417 e. The molecule has 0 aromatic heterocycles. The minimum Gasteiger partial charge on any atom is -0.492 e. The number of nitrogens with zero attached hydrogens (tertiary/aromatic N) is 1. The van der Waals surface area contributed by atoms with Crippen molar-refractivity contribution in [1.29, 1.82) is 0 Å². The Morgan fingerprint density at radius 2 is 1.60 bits per heavy atom. The van der Waals surface area contributed by atoms with Gasteiger partial charge in [0, 0.05) is 17.0 Å². The SMILES string of the molecule is O=C(O)c1ccc(OCCNC(=O)[C@@H]2Cc3ccccc3N2S(=O)(=O)c2ccc(-c3cc(C(F)(F)F)ccc3Cl)cc2)cc1C(F)(F)F. The molecule has 48 heavy (non-hydrogen) atoms. The van der Waals surface area contributed by atoms with Crippen molar-refractivity contribution in [3.05, 3.63) is 112 Å². The van der Waals surface area contributed by atoms with E-state index in [9.17, 15) is 44.3 Å². The highest BCUT2D eigenvalue weighted by Crippen LogP contribution is 2.39. The monoisotopic (exact) mass is 712 g/mol. The van der Waals surface area contributed by atoms with Gasteiger partial charge in [0.1, 0.15) is 18.4 Å². The Labute approximate surface area is 274 Å². The normalized spacial score (nSPS) is 14.8. The summed E-state index contributed by atoms with van der Waals surface area (Å²) in [5.41, 5.74) is -2.27. The maximum absolute atomic E-state index is 13.9. The van der Waals surface area contributed by atoms with Crippen molar-refractivity contribution >= 4 is 39.2 Å². The first-order valence-corrected chi connectivity index (χ1v) is 15.7. The van der Waals surface area contributed by atoms with Crippen LogP contribution in [0, 0.1) is 0 Å². The average Bonchev–Trinajstić information content (AvgIpc) is 3.43. The number of anilines is 1. The summed E-state index contributed by atoms with van der Waals surface area (Å²) in [6.45, 7) is -0.574. The van der Waals surface area contributed by atoms with Gasteiger partial charge in [-0.05, 0) is 65.7 Å². The molecular weight excluding hydrogens is 690 g/mol. The molecule has 0 bridgehead atoms. The molecule has 1 aliphatic rings. The van der Waals surface area contributed by atoms with Gasteiger partial charge in [-0.3, -0.25) is 9.10 Å². The van der Waals surface area contributed by atoms with Gasteiger partial charge >= 0.3 is 18.3 Å². The van der Waals surface area contributed by atoms with Crippen LogP contribution in [0.1, 0.15) is 27.0 Å². The zero-order chi connectivity index (χ0) is 35.0. The summed E-state index contributed by atoms with van der Waals surface area (Å²) in [7, 11) is -4.42. The van der Waals surface area contributed by atoms with Crippen LogP contribution in [-0.4, -0.2) is 44.6 Å². The van der Waals surface area contributed by atoms with E-state index in [4.69, 9.17) is 21.4 Å². The van der Waals surface area contributed by atoms with Gasteiger partial charge in [0.15, 0.2) is 0 Å².